The number of methoxy groups -OCH3 is 1. The minimum atomic E-state index is -0.156. The van der Waals surface area contributed by atoms with Crippen LogP contribution in [0.15, 0.2) is 12.1 Å². The molecule has 0 aliphatic heterocycles. The van der Waals surface area contributed by atoms with Crippen LogP contribution in [0, 0.1) is 17.3 Å². The first-order chi connectivity index (χ1) is 12.8. The van der Waals surface area contributed by atoms with E-state index in [9.17, 15) is 9.59 Å². The average Bonchev–Trinajstić information content (AvgIpc) is 2.96. The van der Waals surface area contributed by atoms with Gasteiger partial charge in [-0.3, -0.25) is 9.59 Å². The maximum atomic E-state index is 12.1. The van der Waals surface area contributed by atoms with E-state index in [1.54, 1.807) is 14.0 Å². The van der Waals surface area contributed by atoms with E-state index in [-0.39, 0.29) is 23.3 Å². The molecular formula is C23H30O4. The Morgan fingerprint density at radius 3 is 2.56 bits per heavy atom. The Kier molecular flexibility index (Phi) is 4.56. The summed E-state index contributed by atoms with van der Waals surface area (Å²) in [5.41, 5.74) is 3.50. The summed E-state index contributed by atoms with van der Waals surface area (Å²) >= 11 is 0. The van der Waals surface area contributed by atoms with E-state index < -0.39 is 0 Å². The number of rotatable bonds is 3. The summed E-state index contributed by atoms with van der Waals surface area (Å²) in [4.78, 5) is 23.7. The van der Waals surface area contributed by atoms with Gasteiger partial charge in [0.1, 0.15) is 11.9 Å². The maximum absolute atomic E-state index is 12.1. The first-order valence-electron chi connectivity index (χ1n) is 10.2. The van der Waals surface area contributed by atoms with Crippen LogP contribution in [0.25, 0.3) is 0 Å². The summed E-state index contributed by atoms with van der Waals surface area (Å²) in [6.45, 7) is 5.47. The molecule has 4 nitrogen and oxygen atoms in total. The van der Waals surface area contributed by atoms with Crippen LogP contribution in [-0.4, -0.2) is 25.0 Å². The third-order valence-corrected chi connectivity index (χ3v) is 7.65. The molecule has 27 heavy (non-hydrogen) atoms. The zero-order chi connectivity index (χ0) is 19.3. The van der Waals surface area contributed by atoms with Gasteiger partial charge in [0.05, 0.1) is 12.7 Å². The summed E-state index contributed by atoms with van der Waals surface area (Å²) in [5.74, 6) is 2.33. The minimum absolute atomic E-state index is 0.0611. The van der Waals surface area contributed by atoms with Gasteiger partial charge in [0.25, 0.3) is 0 Å². The molecule has 0 unspecified atom stereocenters. The van der Waals surface area contributed by atoms with Gasteiger partial charge in [-0.05, 0) is 86.5 Å². The van der Waals surface area contributed by atoms with E-state index in [0.717, 1.165) is 32.1 Å². The molecule has 2 saturated carbocycles. The molecule has 0 saturated heterocycles. The lowest BCUT2D eigenvalue weighted by Crippen LogP contribution is -2.45. The normalized spacial score (nSPS) is 34.2. The first-order valence-corrected chi connectivity index (χ1v) is 10.2. The van der Waals surface area contributed by atoms with Gasteiger partial charge in [-0.1, -0.05) is 6.92 Å². The highest BCUT2D eigenvalue weighted by Crippen LogP contribution is 2.61. The number of ketones is 1. The number of ether oxygens (including phenoxy) is 2. The Labute approximate surface area is 161 Å². The highest BCUT2D eigenvalue weighted by Gasteiger charge is 2.56. The second-order valence-corrected chi connectivity index (χ2v) is 8.94. The molecule has 0 spiro atoms. The fourth-order valence-corrected chi connectivity index (χ4v) is 6.39. The smallest absolute Gasteiger partial charge is 0.302 e. The molecular weight excluding hydrogens is 340 g/mol. The second-order valence-electron chi connectivity index (χ2n) is 8.94. The van der Waals surface area contributed by atoms with E-state index in [2.05, 4.69) is 19.1 Å². The van der Waals surface area contributed by atoms with Crippen LogP contribution in [0.1, 0.15) is 80.3 Å². The number of carbonyl (C=O) groups excluding carboxylic acids is 2. The molecule has 1 aromatic carbocycles. The third-order valence-electron chi connectivity index (χ3n) is 7.65. The van der Waals surface area contributed by atoms with E-state index >= 15 is 0 Å². The topological polar surface area (TPSA) is 52.6 Å². The molecule has 2 fully saturated rings. The minimum Gasteiger partial charge on any atom is -0.496 e. The van der Waals surface area contributed by atoms with Crippen LogP contribution in [0.2, 0.25) is 0 Å². The predicted molar refractivity (Wildman–Crippen MR) is 103 cm³/mol. The molecule has 3 aliphatic carbocycles. The largest absolute Gasteiger partial charge is 0.496 e. The van der Waals surface area contributed by atoms with Crippen molar-refractivity contribution in [2.24, 2.45) is 17.3 Å². The molecule has 0 radical (unpaired) electrons. The number of carbonyl (C=O) groups is 2. The van der Waals surface area contributed by atoms with E-state index in [0.29, 0.717) is 29.1 Å². The number of Topliss-reactive ketones (excluding diaryl/α,β-unsaturated/α-hetero) is 1. The monoisotopic (exact) mass is 370 g/mol. The lowest BCUT2D eigenvalue weighted by molar-refractivity contribution is -0.154. The zero-order valence-corrected chi connectivity index (χ0v) is 16.8. The van der Waals surface area contributed by atoms with E-state index in [1.807, 2.05) is 0 Å². The van der Waals surface area contributed by atoms with Crippen molar-refractivity contribution in [3.8, 4) is 5.75 Å². The Morgan fingerprint density at radius 2 is 1.89 bits per heavy atom. The Morgan fingerprint density at radius 1 is 1.11 bits per heavy atom. The Balaban J connectivity index is 1.67. The molecule has 5 atom stereocenters. The summed E-state index contributed by atoms with van der Waals surface area (Å²) < 4.78 is 11.2. The van der Waals surface area contributed by atoms with Crippen LogP contribution in [0.5, 0.6) is 5.75 Å². The number of fused-ring (bicyclic) bond motifs is 5. The fraction of sp³-hybridized carbons (Fsp3) is 0.652. The quantitative estimate of drug-likeness (QED) is 0.572. The second kappa shape index (κ2) is 6.65. The van der Waals surface area contributed by atoms with Crippen molar-refractivity contribution < 1.29 is 19.1 Å². The summed E-state index contributed by atoms with van der Waals surface area (Å²) in [7, 11) is 1.64. The van der Waals surface area contributed by atoms with E-state index in [1.165, 1.54) is 24.5 Å². The Bertz CT molecular complexity index is 783. The van der Waals surface area contributed by atoms with Crippen LogP contribution >= 0.6 is 0 Å². The lowest BCUT2D eigenvalue weighted by Gasteiger charge is -2.50. The maximum Gasteiger partial charge on any atom is 0.302 e. The van der Waals surface area contributed by atoms with Crippen LogP contribution in [-0.2, 0) is 16.0 Å². The van der Waals surface area contributed by atoms with Crippen molar-refractivity contribution in [2.75, 3.05) is 7.11 Å². The average molecular weight is 370 g/mol. The van der Waals surface area contributed by atoms with Crippen LogP contribution in [0.4, 0.5) is 0 Å². The molecule has 0 heterocycles. The standard InChI is InChI=1S/C23H30O4/c1-13(24)18-12-19-15(11-21(18)26-4)5-6-17-16(19)9-10-23(3)20(17)7-8-22(23)27-14(2)25/h11-12,16-17,20,22H,5-10H2,1-4H3/t16-,17-,20-,22+,23+/m1/s1. The molecule has 4 heteroatoms. The molecule has 4 rings (SSSR count). The molecule has 1 aromatic rings. The van der Waals surface area contributed by atoms with Gasteiger partial charge < -0.3 is 9.47 Å². The van der Waals surface area contributed by atoms with Crippen molar-refractivity contribution in [2.45, 2.75) is 71.3 Å². The van der Waals surface area contributed by atoms with Crippen LogP contribution in [0.3, 0.4) is 0 Å². The molecule has 0 N–H and O–H groups in total. The van der Waals surface area contributed by atoms with Gasteiger partial charge in [-0.15, -0.1) is 0 Å². The highest BCUT2D eigenvalue weighted by molar-refractivity contribution is 5.97. The van der Waals surface area contributed by atoms with Crippen molar-refractivity contribution in [3.05, 3.63) is 28.8 Å². The van der Waals surface area contributed by atoms with Gasteiger partial charge >= 0.3 is 5.97 Å². The zero-order valence-electron chi connectivity index (χ0n) is 16.8. The van der Waals surface area contributed by atoms with Crippen molar-refractivity contribution >= 4 is 11.8 Å². The third kappa shape index (κ3) is 2.88. The van der Waals surface area contributed by atoms with Crippen molar-refractivity contribution in [3.63, 3.8) is 0 Å². The number of benzene rings is 1. The summed E-state index contributed by atoms with van der Waals surface area (Å²) in [5, 5.41) is 0. The Hall–Kier alpha value is -1.84. The molecule has 0 amide bonds. The lowest BCUT2D eigenvalue weighted by atomic mass is 9.55. The van der Waals surface area contributed by atoms with Gasteiger partial charge in [-0.2, -0.15) is 0 Å². The predicted octanol–water partition coefficient (Wildman–Crippen LogP) is 4.69. The molecule has 0 aromatic heterocycles. The van der Waals surface area contributed by atoms with Gasteiger partial charge in [-0.25, -0.2) is 0 Å². The SMILES string of the molecule is COc1cc2c(cc1C(C)=O)[C@@H]1CC[C@]3(C)[C@@H](OC(C)=O)CC[C@@H]3[C@@H]1CC2. The number of hydrogen-bond donors (Lipinski definition) is 0. The summed E-state index contributed by atoms with van der Waals surface area (Å²) in [6, 6.07) is 4.20. The van der Waals surface area contributed by atoms with Gasteiger partial charge in [0.2, 0.25) is 0 Å². The fourth-order valence-electron chi connectivity index (χ4n) is 6.39. The summed E-state index contributed by atoms with van der Waals surface area (Å²) in [6.07, 6.45) is 6.58. The number of esters is 1. The number of hydrogen-bond acceptors (Lipinski definition) is 4. The van der Waals surface area contributed by atoms with E-state index in [4.69, 9.17) is 9.47 Å². The molecule has 3 aliphatic rings. The van der Waals surface area contributed by atoms with Gasteiger partial charge in [0, 0.05) is 12.3 Å². The number of aryl methyl sites for hydroxylation is 1. The highest BCUT2D eigenvalue weighted by atomic mass is 16.5. The van der Waals surface area contributed by atoms with Crippen molar-refractivity contribution in [1.82, 2.24) is 0 Å². The first kappa shape index (κ1) is 18.5. The van der Waals surface area contributed by atoms with Crippen molar-refractivity contribution in [1.29, 1.82) is 0 Å². The molecule has 146 valence electrons. The van der Waals surface area contributed by atoms with Crippen LogP contribution < -0.4 is 4.74 Å². The molecule has 0 bridgehead atoms. The van der Waals surface area contributed by atoms with Gasteiger partial charge in [0.15, 0.2) is 5.78 Å².